The summed E-state index contributed by atoms with van der Waals surface area (Å²) >= 11 is 0. The number of aromatic nitrogens is 1. The predicted molar refractivity (Wildman–Crippen MR) is 44.6 cm³/mol. The van der Waals surface area contributed by atoms with E-state index in [0.717, 1.165) is 5.56 Å². The molecular formula is C8H12N2O. The molecule has 2 N–H and O–H groups in total. The number of nitrogen functional groups attached to an aromatic ring is 1. The zero-order valence-electron chi connectivity index (χ0n) is 6.79. The number of aryl methyl sites for hydroxylation is 1. The first-order chi connectivity index (χ1) is 5.24. The van der Waals surface area contributed by atoms with E-state index < -0.39 is 0 Å². The van der Waals surface area contributed by atoms with Crippen molar-refractivity contribution in [1.29, 1.82) is 0 Å². The molecule has 3 nitrogen and oxygen atoms in total. The van der Waals surface area contributed by atoms with Gasteiger partial charge in [0.05, 0.1) is 6.61 Å². The van der Waals surface area contributed by atoms with E-state index in [2.05, 4.69) is 4.98 Å². The van der Waals surface area contributed by atoms with Gasteiger partial charge >= 0.3 is 0 Å². The lowest BCUT2D eigenvalue weighted by Crippen LogP contribution is -1.99. The molecule has 3 heteroatoms. The molecule has 0 aromatic carbocycles. The lowest BCUT2D eigenvalue weighted by Gasteiger charge is -2.05. The Morgan fingerprint density at radius 2 is 2.36 bits per heavy atom. The summed E-state index contributed by atoms with van der Waals surface area (Å²) in [4.78, 5) is 3.95. The number of nitrogens with zero attached hydrogens (tertiary/aromatic N) is 1. The quantitative estimate of drug-likeness (QED) is 0.696. The summed E-state index contributed by atoms with van der Waals surface area (Å²) in [5, 5.41) is 0. The van der Waals surface area contributed by atoms with Crippen LogP contribution in [0.3, 0.4) is 0 Å². The van der Waals surface area contributed by atoms with Gasteiger partial charge < -0.3 is 10.5 Å². The molecule has 0 aliphatic carbocycles. The summed E-state index contributed by atoms with van der Waals surface area (Å²) in [5.41, 5.74) is 6.60. The molecule has 0 spiro atoms. The normalized spacial score (nSPS) is 9.64. The fraction of sp³-hybridized carbons (Fsp3) is 0.375. The van der Waals surface area contributed by atoms with Crippen LogP contribution in [-0.4, -0.2) is 11.6 Å². The van der Waals surface area contributed by atoms with Gasteiger partial charge in [-0.1, -0.05) is 0 Å². The first-order valence-corrected chi connectivity index (χ1v) is 3.59. The Morgan fingerprint density at radius 3 is 3.00 bits per heavy atom. The second kappa shape index (κ2) is 3.23. The molecule has 0 unspecified atom stereocenters. The van der Waals surface area contributed by atoms with Crippen molar-refractivity contribution in [2.24, 2.45) is 0 Å². The van der Waals surface area contributed by atoms with Crippen LogP contribution in [-0.2, 0) is 0 Å². The standard InChI is InChI=1S/C8H12N2O/c1-3-11-7-4-6(2)5-10-8(7)9/h4-5H,3H2,1-2H3,(H2,9,10). The molecule has 60 valence electrons. The smallest absolute Gasteiger partial charge is 0.166 e. The maximum atomic E-state index is 5.54. The SMILES string of the molecule is CCOc1cc(C)cnc1N. The minimum atomic E-state index is 0.456. The first kappa shape index (κ1) is 7.85. The van der Waals surface area contributed by atoms with Crippen LogP contribution in [0, 0.1) is 6.92 Å². The lowest BCUT2D eigenvalue weighted by atomic mass is 10.3. The first-order valence-electron chi connectivity index (χ1n) is 3.59. The maximum Gasteiger partial charge on any atom is 0.166 e. The van der Waals surface area contributed by atoms with Crippen molar-refractivity contribution >= 4 is 5.82 Å². The van der Waals surface area contributed by atoms with Gasteiger partial charge in [-0.2, -0.15) is 0 Å². The largest absolute Gasteiger partial charge is 0.490 e. The van der Waals surface area contributed by atoms with Crippen LogP contribution in [0.2, 0.25) is 0 Å². The highest BCUT2D eigenvalue weighted by Crippen LogP contribution is 2.18. The Morgan fingerprint density at radius 1 is 1.64 bits per heavy atom. The summed E-state index contributed by atoms with van der Waals surface area (Å²) < 4.78 is 5.23. The van der Waals surface area contributed by atoms with Crippen molar-refractivity contribution in [3.05, 3.63) is 17.8 Å². The number of hydrogen-bond donors (Lipinski definition) is 1. The molecule has 0 radical (unpaired) electrons. The molecule has 0 aliphatic heterocycles. The van der Waals surface area contributed by atoms with Crippen molar-refractivity contribution in [3.63, 3.8) is 0 Å². The van der Waals surface area contributed by atoms with Crippen LogP contribution in [0.15, 0.2) is 12.3 Å². The van der Waals surface area contributed by atoms with Gasteiger partial charge in [-0.15, -0.1) is 0 Å². The number of anilines is 1. The molecular weight excluding hydrogens is 140 g/mol. The summed E-state index contributed by atoms with van der Waals surface area (Å²) in [6.07, 6.45) is 1.72. The highest BCUT2D eigenvalue weighted by atomic mass is 16.5. The Hall–Kier alpha value is -1.25. The Balaban J connectivity index is 2.93. The zero-order valence-corrected chi connectivity index (χ0v) is 6.79. The van der Waals surface area contributed by atoms with Gasteiger partial charge in [0, 0.05) is 6.20 Å². The molecule has 0 aliphatic rings. The summed E-state index contributed by atoms with van der Waals surface area (Å²) in [6.45, 7) is 4.49. The van der Waals surface area contributed by atoms with Gasteiger partial charge in [-0.3, -0.25) is 0 Å². The van der Waals surface area contributed by atoms with E-state index in [-0.39, 0.29) is 0 Å². The predicted octanol–water partition coefficient (Wildman–Crippen LogP) is 1.37. The third kappa shape index (κ3) is 1.83. The van der Waals surface area contributed by atoms with Crippen LogP contribution in [0.25, 0.3) is 0 Å². The molecule has 1 rings (SSSR count). The van der Waals surface area contributed by atoms with Crippen molar-refractivity contribution in [3.8, 4) is 5.75 Å². The van der Waals surface area contributed by atoms with Crippen LogP contribution >= 0.6 is 0 Å². The zero-order chi connectivity index (χ0) is 8.27. The van der Waals surface area contributed by atoms with Gasteiger partial charge in [0.2, 0.25) is 0 Å². The highest BCUT2D eigenvalue weighted by molar-refractivity contribution is 5.46. The molecule has 0 amide bonds. The molecule has 1 aromatic rings. The molecule has 11 heavy (non-hydrogen) atoms. The van der Waals surface area contributed by atoms with E-state index in [1.807, 2.05) is 19.9 Å². The molecule has 0 fully saturated rings. The van der Waals surface area contributed by atoms with Crippen molar-refractivity contribution < 1.29 is 4.74 Å². The minimum absolute atomic E-state index is 0.456. The van der Waals surface area contributed by atoms with Crippen LogP contribution in [0.1, 0.15) is 12.5 Å². The Labute approximate surface area is 66.2 Å². The number of rotatable bonds is 2. The van der Waals surface area contributed by atoms with Gasteiger partial charge in [-0.25, -0.2) is 4.98 Å². The lowest BCUT2D eigenvalue weighted by molar-refractivity contribution is 0.340. The third-order valence-electron chi connectivity index (χ3n) is 1.32. The second-order valence-corrected chi connectivity index (χ2v) is 2.33. The molecule has 0 atom stereocenters. The van der Waals surface area contributed by atoms with Gasteiger partial charge in [0.1, 0.15) is 0 Å². The molecule has 1 heterocycles. The van der Waals surface area contributed by atoms with Gasteiger partial charge in [-0.05, 0) is 25.5 Å². The van der Waals surface area contributed by atoms with Crippen LogP contribution in [0.4, 0.5) is 5.82 Å². The highest BCUT2D eigenvalue weighted by Gasteiger charge is 1.99. The third-order valence-corrected chi connectivity index (χ3v) is 1.32. The molecule has 0 bridgehead atoms. The summed E-state index contributed by atoms with van der Waals surface area (Å²) in [7, 11) is 0. The van der Waals surface area contributed by atoms with E-state index in [0.29, 0.717) is 18.2 Å². The fourth-order valence-corrected chi connectivity index (χ4v) is 0.824. The van der Waals surface area contributed by atoms with E-state index in [1.54, 1.807) is 6.20 Å². The van der Waals surface area contributed by atoms with Crippen molar-refractivity contribution in [1.82, 2.24) is 4.98 Å². The monoisotopic (exact) mass is 152 g/mol. The topological polar surface area (TPSA) is 48.1 Å². The van der Waals surface area contributed by atoms with Crippen molar-refractivity contribution in [2.45, 2.75) is 13.8 Å². The van der Waals surface area contributed by atoms with E-state index in [9.17, 15) is 0 Å². The molecule has 1 aromatic heterocycles. The average Bonchev–Trinajstić information content (AvgIpc) is 1.98. The maximum absolute atomic E-state index is 5.54. The molecule has 0 saturated carbocycles. The van der Waals surface area contributed by atoms with E-state index in [4.69, 9.17) is 10.5 Å². The fourth-order valence-electron chi connectivity index (χ4n) is 0.824. The number of nitrogens with two attached hydrogens (primary N) is 1. The van der Waals surface area contributed by atoms with E-state index in [1.165, 1.54) is 0 Å². The van der Waals surface area contributed by atoms with E-state index >= 15 is 0 Å². The second-order valence-electron chi connectivity index (χ2n) is 2.33. The number of hydrogen-bond acceptors (Lipinski definition) is 3. The minimum Gasteiger partial charge on any atom is -0.490 e. The summed E-state index contributed by atoms with van der Waals surface area (Å²) in [6, 6.07) is 1.88. The van der Waals surface area contributed by atoms with Crippen LogP contribution in [0.5, 0.6) is 5.75 Å². The number of ether oxygens (including phenoxy) is 1. The summed E-state index contributed by atoms with van der Waals surface area (Å²) in [5.74, 6) is 1.13. The van der Waals surface area contributed by atoms with Crippen molar-refractivity contribution in [2.75, 3.05) is 12.3 Å². The average molecular weight is 152 g/mol. The van der Waals surface area contributed by atoms with Gasteiger partial charge in [0.25, 0.3) is 0 Å². The number of pyridine rings is 1. The Kier molecular flexibility index (Phi) is 2.31. The Bertz CT molecular complexity index is 248. The van der Waals surface area contributed by atoms with Crippen LogP contribution < -0.4 is 10.5 Å². The molecule has 0 saturated heterocycles. The van der Waals surface area contributed by atoms with Gasteiger partial charge in [0.15, 0.2) is 11.6 Å².